The molecule has 9 nitrogen and oxygen atoms in total. The standard InChI is InChI=1S/C23H26N9/c1-17-4-12-32(2,30-17)19-14-20(28-21(15-19)29-22-16-25-6-7-26-22)18-3-5-27-23(13-18)31-10-8-24-9-11-31/h3-7,12-16,24H,8-11H2,1-2H3,(H,26,28,29)/q+1. The number of piperazine rings is 1. The van der Waals surface area contributed by atoms with E-state index in [-0.39, 0.29) is 0 Å². The fourth-order valence-corrected chi connectivity index (χ4v) is 3.92. The van der Waals surface area contributed by atoms with E-state index in [1.807, 2.05) is 31.3 Å². The number of nitrogens with one attached hydrogen (secondary N) is 2. The zero-order chi connectivity index (χ0) is 22.0. The van der Waals surface area contributed by atoms with Crippen LogP contribution in [-0.4, -0.2) is 58.9 Å². The van der Waals surface area contributed by atoms with Crippen molar-refractivity contribution < 1.29 is 0 Å². The van der Waals surface area contributed by atoms with Gasteiger partial charge in [-0.2, -0.15) is 0 Å². The molecule has 1 fully saturated rings. The molecule has 0 spiro atoms. The molecule has 3 aromatic rings. The van der Waals surface area contributed by atoms with Gasteiger partial charge < -0.3 is 15.5 Å². The van der Waals surface area contributed by atoms with Crippen molar-refractivity contribution in [2.75, 3.05) is 43.4 Å². The molecule has 1 atom stereocenters. The van der Waals surface area contributed by atoms with Crippen LogP contribution in [0.25, 0.3) is 11.3 Å². The molecule has 162 valence electrons. The van der Waals surface area contributed by atoms with E-state index in [9.17, 15) is 0 Å². The van der Waals surface area contributed by atoms with Crippen LogP contribution in [0.1, 0.15) is 6.92 Å². The number of anilines is 3. The predicted molar refractivity (Wildman–Crippen MR) is 128 cm³/mol. The van der Waals surface area contributed by atoms with Crippen molar-refractivity contribution in [2.45, 2.75) is 6.92 Å². The van der Waals surface area contributed by atoms with Crippen LogP contribution >= 0.6 is 0 Å². The molecule has 0 aliphatic carbocycles. The van der Waals surface area contributed by atoms with Crippen LogP contribution in [0.5, 0.6) is 0 Å². The molecular formula is C23H26N9+. The first-order chi connectivity index (χ1) is 15.6. The van der Waals surface area contributed by atoms with Crippen LogP contribution in [0.2, 0.25) is 0 Å². The van der Waals surface area contributed by atoms with Crippen LogP contribution in [0.3, 0.4) is 0 Å². The number of hydrogen-bond acceptors (Lipinski definition) is 8. The summed E-state index contributed by atoms with van der Waals surface area (Å²) in [7, 11) is 2.05. The summed E-state index contributed by atoms with van der Waals surface area (Å²) in [4.78, 5) is 20.3. The number of pyridine rings is 2. The van der Waals surface area contributed by atoms with Crippen molar-refractivity contribution in [1.29, 1.82) is 0 Å². The highest BCUT2D eigenvalue weighted by Crippen LogP contribution is 2.33. The third kappa shape index (κ3) is 4.20. The number of rotatable bonds is 5. The lowest BCUT2D eigenvalue weighted by Crippen LogP contribution is -2.43. The minimum atomic E-state index is 0.326. The highest BCUT2D eigenvalue weighted by molar-refractivity contribution is 5.95. The average Bonchev–Trinajstić information content (AvgIpc) is 3.20. The van der Waals surface area contributed by atoms with Gasteiger partial charge in [0.2, 0.25) is 0 Å². The molecule has 3 aromatic heterocycles. The number of allylic oxidation sites excluding steroid dienone is 1. The number of aromatic nitrogens is 4. The van der Waals surface area contributed by atoms with Gasteiger partial charge in [-0.25, -0.2) is 15.0 Å². The predicted octanol–water partition coefficient (Wildman–Crippen LogP) is 2.93. The van der Waals surface area contributed by atoms with E-state index in [4.69, 9.17) is 10.1 Å². The number of hydrogen-bond donors (Lipinski definition) is 2. The van der Waals surface area contributed by atoms with Gasteiger partial charge in [-0.3, -0.25) is 4.98 Å². The molecule has 2 aliphatic heterocycles. The highest BCUT2D eigenvalue weighted by atomic mass is 15.6. The van der Waals surface area contributed by atoms with Crippen molar-refractivity contribution in [2.24, 2.45) is 5.10 Å². The molecule has 5 rings (SSSR count). The van der Waals surface area contributed by atoms with Crippen LogP contribution in [0.4, 0.5) is 23.1 Å². The Kier molecular flexibility index (Phi) is 5.34. The second-order valence-electron chi connectivity index (χ2n) is 8.03. The Balaban J connectivity index is 1.56. The first-order valence-corrected chi connectivity index (χ1v) is 10.7. The number of nitrogens with zero attached hydrogens (tertiary/aromatic N) is 7. The van der Waals surface area contributed by atoms with Gasteiger partial charge in [0.05, 0.1) is 17.6 Å². The van der Waals surface area contributed by atoms with Gasteiger partial charge in [0.25, 0.3) is 0 Å². The van der Waals surface area contributed by atoms with Gasteiger partial charge in [0, 0.05) is 68.5 Å². The Morgan fingerprint density at radius 2 is 1.91 bits per heavy atom. The lowest BCUT2D eigenvalue weighted by atomic mass is 10.1. The first kappa shape index (κ1) is 20.2. The summed E-state index contributed by atoms with van der Waals surface area (Å²) >= 11 is 0. The third-order valence-electron chi connectivity index (χ3n) is 5.61. The summed E-state index contributed by atoms with van der Waals surface area (Å²) in [6.45, 7) is 5.81. The second-order valence-corrected chi connectivity index (χ2v) is 8.03. The second kappa shape index (κ2) is 8.45. The van der Waals surface area contributed by atoms with Gasteiger partial charge in [-0.1, -0.05) is 5.10 Å². The molecular weight excluding hydrogens is 402 g/mol. The summed E-state index contributed by atoms with van der Waals surface area (Å²) in [6.07, 6.45) is 10.9. The van der Waals surface area contributed by atoms with E-state index in [0.717, 1.165) is 54.7 Å². The summed E-state index contributed by atoms with van der Waals surface area (Å²) in [5.41, 5.74) is 3.84. The fraction of sp³-hybridized carbons (Fsp3) is 0.261. The molecule has 0 bridgehead atoms. The maximum absolute atomic E-state index is 4.89. The van der Waals surface area contributed by atoms with Crippen molar-refractivity contribution in [3.63, 3.8) is 0 Å². The van der Waals surface area contributed by atoms with Gasteiger partial charge in [-0.15, -0.1) is 4.59 Å². The molecule has 0 saturated carbocycles. The molecule has 1 saturated heterocycles. The summed E-state index contributed by atoms with van der Waals surface area (Å²) in [5.74, 6) is 2.29. The maximum Gasteiger partial charge on any atom is 0.169 e. The largest absolute Gasteiger partial charge is 0.354 e. The smallest absolute Gasteiger partial charge is 0.169 e. The Bertz CT molecular complexity index is 1170. The van der Waals surface area contributed by atoms with Crippen LogP contribution in [-0.2, 0) is 0 Å². The topological polar surface area (TPSA) is 91.2 Å². The minimum absolute atomic E-state index is 0.326. The van der Waals surface area contributed by atoms with Crippen LogP contribution < -0.4 is 20.1 Å². The maximum atomic E-state index is 4.89. The molecule has 1 unspecified atom stereocenters. The summed E-state index contributed by atoms with van der Waals surface area (Å²) < 4.78 is 0.326. The van der Waals surface area contributed by atoms with Gasteiger partial charge in [0.15, 0.2) is 5.69 Å². The average molecular weight is 429 g/mol. The summed E-state index contributed by atoms with van der Waals surface area (Å²) in [6, 6.07) is 8.20. The van der Waals surface area contributed by atoms with E-state index in [1.165, 1.54) is 0 Å². The van der Waals surface area contributed by atoms with Crippen LogP contribution in [0, 0.1) is 0 Å². The molecule has 2 aliphatic rings. The minimum Gasteiger partial charge on any atom is -0.354 e. The Labute approximate surface area is 187 Å². The van der Waals surface area contributed by atoms with Gasteiger partial charge >= 0.3 is 0 Å². The third-order valence-corrected chi connectivity index (χ3v) is 5.61. The van der Waals surface area contributed by atoms with E-state index in [0.29, 0.717) is 16.2 Å². The highest BCUT2D eigenvalue weighted by Gasteiger charge is 2.28. The zero-order valence-electron chi connectivity index (χ0n) is 18.2. The van der Waals surface area contributed by atoms with Crippen molar-refractivity contribution in [3.8, 4) is 11.3 Å². The lowest BCUT2D eigenvalue weighted by molar-refractivity contribution is 0.483. The lowest BCUT2D eigenvalue weighted by Gasteiger charge is -2.28. The van der Waals surface area contributed by atoms with Gasteiger partial charge in [-0.05, 0) is 19.1 Å². The molecule has 0 aromatic carbocycles. The molecule has 32 heavy (non-hydrogen) atoms. The number of quaternary nitrogens is 1. The summed E-state index contributed by atoms with van der Waals surface area (Å²) in [5, 5.41) is 11.5. The van der Waals surface area contributed by atoms with Crippen molar-refractivity contribution >= 4 is 28.9 Å². The van der Waals surface area contributed by atoms with E-state index in [2.05, 4.69) is 55.9 Å². The normalized spacial score (nSPS) is 20.3. The molecule has 2 N–H and O–H groups in total. The van der Waals surface area contributed by atoms with Crippen LogP contribution in [0.15, 0.2) is 66.4 Å². The van der Waals surface area contributed by atoms with Gasteiger partial charge in [0.1, 0.15) is 30.7 Å². The monoisotopic (exact) mass is 428 g/mol. The van der Waals surface area contributed by atoms with E-state index in [1.54, 1.807) is 18.6 Å². The fourth-order valence-electron chi connectivity index (χ4n) is 3.92. The van der Waals surface area contributed by atoms with Crippen molar-refractivity contribution in [1.82, 2.24) is 29.8 Å². The Morgan fingerprint density at radius 3 is 2.66 bits per heavy atom. The van der Waals surface area contributed by atoms with E-state index < -0.39 is 0 Å². The molecule has 9 heteroatoms. The Morgan fingerprint density at radius 1 is 1.03 bits per heavy atom. The molecule has 0 radical (unpaired) electrons. The quantitative estimate of drug-likeness (QED) is 0.604. The van der Waals surface area contributed by atoms with Crippen molar-refractivity contribution in [3.05, 3.63) is 61.3 Å². The Hall–Kier alpha value is -3.69. The first-order valence-electron chi connectivity index (χ1n) is 10.7. The zero-order valence-corrected chi connectivity index (χ0v) is 18.2. The molecule has 0 amide bonds. The van der Waals surface area contributed by atoms with E-state index >= 15 is 0 Å². The molecule has 5 heterocycles. The SMILES string of the molecule is CC1=N[N+](C)(c2cc(Nc3cnccn3)nc(-c3ccnc(N4CCNCC4)c3)c2)C=C1.